The summed E-state index contributed by atoms with van der Waals surface area (Å²) in [5, 5.41) is 2.89. The Kier molecular flexibility index (Phi) is 5.84. The van der Waals surface area contributed by atoms with Gasteiger partial charge in [-0.25, -0.2) is 0 Å². The van der Waals surface area contributed by atoms with Crippen LogP contribution >= 0.6 is 0 Å². The Hall–Kier alpha value is -3.60. The number of para-hydroxylation sites is 1. The molecule has 136 valence electrons. The molecule has 0 spiro atoms. The fraction of sp³-hybridized carbons (Fsp3) is 0.0909. The highest BCUT2D eigenvalue weighted by atomic mass is 16.5. The van der Waals surface area contributed by atoms with E-state index in [0.717, 1.165) is 17.7 Å². The van der Waals surface area contributed by atoms with Crippen LogP contribution < -0.4 is 15.8 Å². The van der Waals surface area contributed by atoms with E-state index in [0.29, 0.717) is 11.3 Å². The van der Waals surface area contributed by atoms with Crippen molar-refractivity contribution in [3.8, 4) is 5.75 Å². The lowest BCUT2D eigenvalue weighted by molar-refractivity contribution is -0.118. The van der Waals surface area contributed by atoms with Crippen molar-refractivity contribution >= 4 is 17.5 Å². The number of rotatable bonds is 7. The summed E-state index contributed by atoms with van der Waals surface area (Å²) in [4.78, 5) is 23.3. The minimum atomic E-state index is -0.505. The van der Waals surface area contributed by atoms with Crippen molar-refractivity contribution in [1.82, 2.24) is 0 Å². The van der Waals surface area contributed by atoms with Crippen molar-refractivity contribution < 1.29 is 14.3 Å². The molecule has 0 aromatic heterocycles. The fourth-order valence-corrected chi connectivity index (χ4v) is 2.66. The van der Waals surface area contributed by atoms with E-state index in [1.807, 2.05) is 42.5 Å². The molecule has 0 aliphatic heterocycles. The average Bonchev–Trinajstić information content (AvgIpc) is 2.69. The van der Waals surface area contributed by atoms with Crippen LogP contribution in [0.15, 0.2) is 78.9 Å². The first-order chi connectivity index (χ1) is 13.1. The third-order valence-electron chi connectivity index (χ3n) is 4.04. The summed E-state index contributed by atoms with van der Waals surface area (Å²) < 4.78 is 5.47. The van der Waals surface area contributed by atoms with Gasteiger partial charge in [0.25, 0.3) is 5.91 Å². The van der Waals surface area contributed by atoms with Crippen molar-refractivity contribution in [3.05, 3.63) is 95.6 Å². The molecule has 0 heterocycles. The number of benzene rings is 3. The summed E-state index contributed by atoms with van der Waals surface area (Å²) >= 11 is 0. The van der Waals surface area contributed by atoms with E-state index >= 15 is 0 Å². The second kappa shape index (κ2) is 8.67. The molecule has 0 saturated carbocycles. The molecule has 0 atom stereocenters. The van der Waals surface area contributed by atoms with Crippen molar-refractivity contribution in [1.29, 1.82) is 0 Å². The van der Waals surface area contributed by atoms with Crippen LogP contribution in [-0.4, -0.2) is 18.4 Å². The van der Waals surface area contributed by atoms with Crippen molar-refractivity contribution in [2.24, 2.45) is 5.73 Å². The quantitative estimate of drug-likeness (QED) is 0.678. The summed E-state index contributed by atoms with van der Waals surface area (Å²) in [6, 6.07) is 24.1. The Morgan fingerprint density at radius 1 is 0.852 bits per heavy atom. The van der Waals surface area contributed by atoms with E-state index in [1.165, 1.54) is 5.56 Å². The topological polar surface area (TPSA) is 81.4 Å². The summed E-state index contributed by atoms with van der Waals surface area (Å²) in [6.07, 6.45) is 0.729. The second-order valence-electron chi connectivity index (χ2n) is 6.05. The number of nitrogens with two attached hydrogens (primary N) is 1. The van der Waals surface area contributed by atoms with Crippen LogP contribution in [0.2, 0.25) is 0 Å². The zero-order chi connectivity index (χ0) is 19.1. The molecule has 0 unspecified atom stereocenters. The lowest BCUT2D eigenvalue weighted by Gasteiger charge is -2.12. The molecule has 2 amide bonds. The molecule has 3 rings (SSSR count). The average molecular weight is 360 g/mol. The van der Waals surface area contributed by atoms with Gasteiger partial charge in [0.05, 0.1) is 0 Å². The fourth-order valence-electron chi connectivity index (χ4n) is 2.66. The third kappa shape index (κ3) is 5.19. The zero-order valence-corrected chi connectivity index (χ0v) is 14.7. The van der Waals surface area contributed by atoms with Gasteiger partial charge >= 0.3 is 0 Å². The van der Waals surface area contributed by atoms with Gasteiger partial charge in [-0.05, 0) is 47.9 Å². The van der Waals surface area contributed by atoms with Crippen LogP contribution in [-0.2, 0) is 11.2 Å². The van der Waals surface area contributed by atoms with Crippen LogP contribution in [0.4, 0.5) is 5.69 Å². The molecule has 0 aliphatic rings. The number of ether oxygens (including phenoxy) is 1. The highest BCUT2D eigenvalue weighted by molar-refractivity contribution is 5.93. The molecular formula is C22H20N2O3. The van der Waals surface area contributed by atoms with Gasteiger partial charge < -0.3 is 15.8 Å². The van der Waals surface area contributed by atoms with Gasteiger partial charge in [-0.1, -0.05) is 48.5 Å². The minimum absolute atomic E-state index is 0.129. The van der Waals surface area contributed by atoms with E-state index in [9.17, 15) is 9.59 Å². The molecule has 5 heteroatoms. The maximum absolute atomic E-state index is 12.3. The van der Waals surface area contributed by atoms with E-state index in [4.69, 9.17) is 10.5 Å². The second-order valence-corrected chi connectivity index (χ2v) is 6.05. The van der Waals surface area contributed by atoms with E-state index < -0.39 is 5.91 Å². The molecule has 3 N–H and O–H groups in total. The monoisotopic (exact) mass is 360 g/mol. The van der Waals surface area contributed by atoms with Crippen LogP contribution in [0.1, 0.15) is 21.5 Å². The SMILES string of the molecule is NC(=O)c1ccc(OCC(=O)Nc2ccccc2Cc2ccccc2)cc1. The van der Waals surface area contributed by atoms with Crippen LogP contribution in [0.5, 0.6) is 5.75 Å². The Bertz CT molecular complexity index is 922. The summed E-state index contributed by atoms with van der Waals surface area (Å²) in [6.45, 7) is -0.129. The largest absolute Gasteiger partial charge is 0.484 e. The van der Waals surface area contributed by atoms with Gasteiger partial charge in [-0.2, -0.15) is 0 Å². The standard InChI is InChI=1S/C22H20N2O3/c23-22(26)17-10-12-19(13-11-17)27-15-21(25)24-20-9-5-4-8-18(20)14-16-6-2-1-3-7-16/h1-13H,14-15H2,(H2,23,26)(H,24,25). The van der Waals surface area contributed by atoms with E-state index in [2.05, 4.69) is 17.4 Å². The number of anilines is 1. The first-order valence-electron chi connectivity index (χ1n) is 8.56. The molecule has 0 bridgehead atoms. The van der Waals surface area contributed by atoms with Crippen molar-refractivity contribution in [2.75, 3.05) is 11.9 Å². The summed E-state index contributed by atoms with van der Waals surface area (Å²) in [5.74, 6) is -0.267. The normalized spacial score (nSPS) is 10.2. The Morgan fingerprint density at radius 2 is 1.52 bits per heavy atom. The van der Waals surface area contributed by atoms with Gasteiger partial charge in [0, 0.05) is 11.3 Å². The zero-order valence-electron chi connectivity index (χ0n) is 14.7. The summed E-state index contributed by atoms with van der Waals surface area (Å²) in [5.41, 5.74) is 8.55. The Balaban J connectivity index is 1.60. The molecule has 3 aromatic rings. The van der Waals surface area contributed by atoms with Crippen molar-refractivity contribution in [3.63, 3.8) is 0 Å². The molecule has 5 nitrogen and oxygen atoms in total. The predicted molar refractivity (Wildman–Crippen MR) is 105 cm³/mol. The number of carbonyl (C=O) groups is 2. The molecule has 0 saturated heterocycles. The van der Waals surface area contributed by atoms with Crippen molar-refractivity contribution in [2.45, 2.75) is 6.42 Å². The lowest BCUT2D eigenvalue weighted by Crippen LogP contribution is -2.21. The highest BCUT2D eigenvalue weighted by Crippen LogP contribution is 2.19. The first-order valence-corrected chi connectivity index (χ1v) is 8.56. The molecular weight excluding hydrogens is 340 g/mol. The molecule has 0 fully saturated rings. The smallest absolute Gasteiger partial charge is 0.262 e. The van der Waals surface area contributed by atoms with E-state index in [1.54, 1.807) is 24.3 Å². The number of nitrogens with one attached hydrogen (secondary N) is 1. The number of hydrogen-bond acceptors (Lipinski definition) is 3. The first kappa shape index (κ1) is 18.2. The highest BCUT2D eigenvalue weighted by Gasteiger charge is 2.08. The van der Waals surface area contributed by atoms with Gasteiger partial charge in [0.2, 0.25) is 5.91 Å². The maximum Gasteiger partial charge on any atom is 0.262 e. The molecule has 0 aliphatic carbocycles. The maximum atomic E-state index is 12.3. The van der Waals surface area contributed by atoms with E-state index in [-0.39, 0.29) is 12.5 Å². The minimum Gasteiger partial charge on any atom is -0.484 e. The third-order valence-corrected chi connectivity index (χ3v) is 4.04. The predicted octanol–water partition coefficient (Wildman–Crippen LogP) is 3.39. The number of amides is 2. The lowest BCUT2D eigenvalue weighted by atomic mass is 10.0. The van der Waals surface area contributed by atoms with Crippen LogP contribution in [0.3, 0.4) is 0 Å². The van der Waals surface area contributed by atoms with Gasteiger partial charge in [0.1, 0.15) is 5.75 Å². The van der Waals surface area contributed by atoms with Gasteiger partial charge in [0.15, 0.2) is 6.61 Å². The van der Waals surface area contributed by atoms with Gasteiger partial charge in [-0.3, -0.25) is 9.59 Å². The Morgan fingerprint density at radius 3 is 2.22 bits per heavy atom. The van der Waals surface area contributed by atoms with Gasteiger partial charge in [-0.15, -0.1) is 0 Å². The van der Waals surface area contributed by atoms with Crippen LogP contribution in [0, 0.1) is 0 Å². The number of hydrogen-bond donors (Lipinski definition) is 2. The number of primary amides is 1. The Labute approximate surface area is 157 Å². The van der Waals surface area contributed by atoms with Crippen LogP contribution in [0.25, 0.3) is 0 Å². The number of carbonyl (C=O) groups excluding carboxylic acids is 2. The molecule has 27 heavy (non-hydrogen) atoms. The summed E-state index contributed by atoms with van der Waals surface area (Å²) in [7, 11) is 0. The molecule has 0 radical (unpaired) electrons. The molecule has 3 aromatic carbocycles.